The standard InChI is InChI=1S/C52H84O24/c1-21(2)7-6-8-23(16-53)27-15-28(57)34-24-9-10-26-35(59)30(12-14-51(26,4)25(24)11-13-52(27,34)5)70-50-43(67)46(45(33(73-50)20-68-22(3)56)75-49-41(65)39(63)37(61)32(18-55)72-49)76-47-42(66)44(29(58)19-69-47)74-48-40(64)38(62)36(60)31(17-54)71-48/h10,21,23-25,27,29-50,53-55,58-67H,6-9,11-20H2,1-5H3. The van der Waals surface area contributed by atoms with Gasteiger partial charge in [0, 0.05) is 25.9 Å². The van der Waals surface area contributed by atoms with E-state index in [1.54, 1.807) is 0 Å². The monoisotopic (exact) mass is 1090 g/mol. The van der Waals surface area contributed by atoms with Crippen molar-refractivity contribution in [2.45, 2.75) is 221 Å². The molecule has 76 heavy (non-hydrogen) atoms. The summed E-state index contributed by atoms with van der Waals surface area (Å²) in [5.41, 5.74) is -0.0949. The van der Waals surface area contributed by atoms with Crippen molar-refractivity contribution in [2.24, 2.45) is 46.3 Å². The third kappa shape index (κ3) is 11.6. The number of allylic oxidation sites excluding steroid dienone is 1. The molecule has 8 aliphatic rings. The second kappa shape index (κ2) is 24.6. The lowest BCUT2D eigenvalue weighted by atomic mass is 9.46. The first kappa shape index (κ1) is 60.1. The number of esters is 1. The van der Waals surface area contributed by atoms with Gasteiger partial charge in [-0.15, -0.1) is 0 Å². The van der Waals surface area contributed by atoms with Crippen LogP contribution in [0.4, 0.5) is 0 Å². The van der Waals surface area contributed by atoms with Gasteiger partial charge in [-0.1, -0.05) is 46.6 Å². The predicted octanol–water partition coefficient (Wildman–Crippen LogP) is -2.98. The van der Waals surface area contributed by atoms with Crippen molar-refractivity contribution in [1.82, 2.24) is 0 Å². The van der Waals surface area contributed by atoms with Gasteiger partial charge in [-0.3, -0.25) is 9.59 Å². The number of aliphatic hydroxyl groups is 13. The first-order valence-electron chi connectivity index (χ1n) is 27.2. The Labute approximate surface area is 441 Å². The smallest absolute Gasteiger partial charge is 0.302 e. The Kier molecular flexibility index (Phi) is 19.5. The number of carbonyl (C=O) groups excluding carboxylic acids is 2. The molecule has 28 unspecified atom stereocenters. The molecular formula is C52H84O24. The maximum atomic E-state index is 14.2. The lowest BCUT2D eigenvalue weighted by Crippen LogP contribution is -2.67. The van der Waals surface area contributed by atoms with E-state index in [1.807, 2.05) is 6.08 Å². The molecule has 3 saturated carbocycles. The summed E-state index contributed by atoms with van der Waals surface area (Å²) < 4.78 is 53.2. The van der Waals surface area contributed by atoms with Crippen molar-refractivity contribution in [2.75, 3.05) is 33.0 Å². The van der Waals surface area contributed by atoms with E-state index in [2.05, 4.69) is 27.7 Å². The minimum absolute atomic E-state index is 0.0226. The normalized spacial score (nSPS) is 49.1. The van der Waals surface area contributed by atoms with Crippen LogP contribution >= 0.6 is 0 Å². The summed E-state index contributed by atoms with van der Waals surface area (Å²) >= 11 is 0. The molecule has 0 aromatic heterocycles. The number of ketones is 1. The van der Waals surface area contributed by atoms with E-state index in [-0.39, 0.29) is 53.8 Å². The molecule has 0 spiro atoms. The Bertz CT molecular complexity index is 1980. The number of Topliss-reactive ketones (excluding diaryl/α,β-unsaturated/α-hetero) is 1. The number of carbonyl (C=O) groups is 2. The quantitative estimate of drug-likeness (QED) is 0.0481. The van der Waals surface area contributed by atoms with Crippen molar-refractivity contribution in [1.29, 1.82) is 0 Å². The highest BCUT2D eigenvalue weighted by atomic mass is 16.8. The topological polar surface area (TPSA) is 380 Å². The van der Waals surface area contributed by atoms with Gasteiger partial charge in [0.15, 0.2) is 25.2 Å². The Morgan fingerprint density at radius 3 is 1.87 bits per heavy atom. The van der Waals surface area contributed by atoms with Gasteiger partial charge >= 0.3 is 5.97 Å². The molecule has 8 rings (SSSR count). The average Bonchev–Trinajstić information content (AvgIpc) is 3.66. The molecule has 0 aromatic rings. The largest absolute Gasteiger partial charge is 0.463 e. The molecule has 4 saturated heterocycles. The van der Waals surface area contributed by atoms with Crippen molar-refractivity contribution in [3.05, 3.63) is 11.6 Å². The van der Waals surface area contributed by atoms with E-state index in [0.717, 1.165) is 44.6 Å². The Hall–Kier alpha value is -1.96. The van der Waals surface area contributed by atoms with Crippen LogP contribution in [0.2, 0.25) is 0 Å². The van der Waals surface area contributed by atoms with E-state index in [1.165, 1.54) is 0 Å². The Balaban J connectivity index is 1.04. The summed E-state index contributed by atoms with van der Waals surface area (Å²) in [6, 6.07) is 0. The van der Waals surface area contributed by atoms with Gasteiger partial charge in [-0.25, -0.2) is 0 Å². The SMILES string of the molecule is CC(=O)OCC1OC(OC2CCC3(C)C(=CCC4C3CCC3(C)C(C(CO)CCCC(C)C)CC(=O)C43)C2O)C(O)C(OC2OCC(O)C(OC3OC(CO)C(O)C(O)C3O)C2O)C1OC1OC(CO)C(O)C(O)C1O. The molecule has 4 heterocycles. The number of ether oxygens (including phenoxy) is 9. The number of hydrogen-bond acceptors (Lipinski definition) is 24. The number of fused-ring (bicyclic) bond motifs is 5. The summed E-state index contributed by atoms with van der Waals surface area (Å²) in [6.07, 6.45) is -28.0. The molecule has 7 fully saturated rings. The zero-order chi connectivity index (χ0) is 55.3. The number of rotatable bonds is 18. The van der Waals surface area contributed by atoms with Gasteiger partial charge in [-0.05, 0) is 84.5 Å². The highest BCUT2D eigenvalue weighted by Crippen LogP contribution is 2.66. The second-order valence-electron chi connectivity index (χ2n) is 23.6. The fraction of sp³-hybridized carbons (Fsp3) is 0.923. The van der Waals surface area contributed by atoms with Crippen LogP contribution in [0.1, 0.15) is 92.4 Å². The van der Waals surface area contributed by atoms with Gasteiger partial charge in [0.25, 0.3) is 0 Å². The van der Waals surface area contributed by atoms with Gasteiger partial charge in [-0.2, -0.15) is 0 Å². The summed E-state index contributed by atoms with van der Waals surface area (Å²) in [6.45, 7) is 6.93. The number of hydrogen-bond donors (Lipinski definition) is 13. The van der Waals surface area contributed by atoms with Crippen molar-refractivity contribution < 1.29 is 119 Å². The summed E-state index contributed by atoms with van der Waals surface area (Å²) in [7, 11) is 0. The molecule has 28 atom stereocenters. The van der Waals surface area contributed by atoms with Crippen LogP contribution in [0, 0.1) is 46.3 Å². The van der Waals surface area contributed by atoms with E-state index in [9.17, 15) is 76.0 Å². The first-order valence-corrected chi connectivity index (χ1v) is 27.2. The fourth-order valence-electron chi connectivity index (χ4n) is 14.3. The third-order valence-electron chi connectivity index (χ3n) is 18.5. The summed E-state index contributed by atoms with van der Waals surface area (Å²) in [4.78, 5) is 26.5. The zero-order valence-corrected chi connectivity index (χ0v) is 43.9. The van der Waals surface area contributed by atoms with Crippen molar-refractivity contribution >= 4 is 11.8 Å². The molecule has 0 amide bonds. The Morgan fingerprint density at radius 1 is 0.697 bits per heavy atom. The zero-order valence-electron chi connectivity index (χ0n) is 43.9. The van der Waals surface area contributed by atoms with E-state index < -0.39 is 167 Å². The number of aliphatic hydroxyl groups excluding tert-OH is 13. The molecule has 0 radical (unpaired) electrons. The third-order valence-corrected chi connectivity index (χ3v) is 18.5. The second-order valence-corrected chi connectivity index (χ2v) is 23.6. The lowest BCUT2D eigenvalue weighted by Gasteiger charge is -2.59. The van der Waals surface area contributed by atoms with Crippen LogP contribution in [0.3, 0.4) is 0 Å². The maximum absolute atomic E-state index is 14.2. The molecule has 24 nitrogen and oxygen atoms in total. The molecule has 24 heteroatoms. The van der Waals surface area contributed by atoms with Crippen LogP contribution < -0.4 is 0 Å². The fourth-order valence-corrected chi connectivity index (χ4v) is 14.3. The van der Waals surface area contributed by atoms with Crippen LogP contribution in [0.15, 0.2) is 11.6 Å². The van der Waals surface area contributed by atoms with E-state index in [0.29, 0.717) is 25.2 Å². The predicted molar refractivity (Wildman–Crippen MR) is 256 cm³/mol. The molecule has 4 aliphatic carbocycles. The summed E-state index contributed by atoms with van der Waals surface area (Å²) in [5, 5.41) is 142. The lowest BCUT2D eigenvalue weighted by molar-refractivity contribution is -0.392. The van der Waals surface area contributed by atoms with Gasteiger partial charge in [0.1, 0.15) is 110 Å². The summed E-state index contributed by atoms with van der Waals surface area (Å²) in [5.74, 6) is -0.0340. The van der Waals surface area contributed by atoms with Crippen LogP contribution in [0.5, 0.6) is 0 Å². The highest BCUT2D eigenvalue weighted by molar-refractivity contribution is 5.85. The molecule has 436 valence electrons. The minimum Gasteiger partial charge on any atom is -0.463 e. The molecule has 0 bridgehead atoms. The molecule has 13 N–H and O–H groups in total. The van der Waals surface area contributed by atoms with Crippen LogP contribution in [-0.4, -0.2) is 240 Å². The maximum Gasteiger partial charge on any atom is 0.302 e. The molecule has 0 aromatic carbocycles. The first-order chi connectivity index (χ1) is 36.0. The van der Waals surface area contributed by atoms with Crippen molar-refractivity contribution in [3.63, 3.8) is 0 Å². The molecule has 4 aliphatic heterocycles. The van der Waals surface area contributed by atoms with E-state index >= 15 is 0 Å². The van der Waals surface area contributed by atoms with Crippen molar-refractivity contribution in [3.8, 4) is 0 Å². The highest BCUT2D eigenvalue weighted by Gasteiger charge is 2.64. The van der Waals surface area contributed by atoms with Crippen LogP contribution in [0.25, 0.3) is 0 Å². The minimum atomic E-state index is -2.03. The van der Waals surface area contributed by atoms with Crippen LogP contribution in [-0.2, 0) is 52.2 Å². The van der Waals surface area contributed by atoms with Gasteiger partial charge < -0.3 is 109 Å². The Morgan fingerprint density at radius 2 is 1.28 bits per heavy atom. The van der Waals surface area contributed by atoms with Gasteiger partial charge in [0.2, 0.25) is 0 Å². The van der Waals surface area contributed by atoms with Gasteiger partial charge in [0.05, 0.1) is 25.9 Å². The average molecular weight is 1090 g/mol. The van der Waals surface area contributed by atoms with E-state index in [4.69, 9.17) is 42.6 Å². The molecular weight excluding hydrogens is 1010 g/mol.